The van der Waals surface area contributed by atoms with Crippen LogP contribution in [0.2, 0.25) is 0 Å². The Morgan fingerprint density at radius 1 is 1.07 bits per heavy atom. The topological polar surface area (TPSA) is 101 Å². The average Bonchev–Trinajstić information content (AvgIpc) is 3.06. The predicted octanol–water partition coefficient (Wildman–Crippen LogP) is 6.14. The monoisotopic (exact) mass is 637 g/mol. The van der Waals surface area contributed by atoms with Crippen LogP contribution in [0.1, 0.15) is 88.1 Å². The van der Waals surface area contributed by atoms with Gasteiger partial charge in [0, 0.05) is 43.8 Å². The number of carbonyl (C=O) groups excluding carboxylic acids is 2. The smallest absolute Gasteiger partial charge is 0.258 e. The van der Waals surface area contributed by atoms with Crippen LogP contribution in [0, 0.1) is 11.8 Å². The summed E-state index contributed by atoms with van der Waals surface area (Å²) in [5.74, 6) is 1.09. The summed E-state index contributed by atoms with van der Waals surface area (Å²) in [5, 5.41) is 13.3. The van der Waals surface area contributed by atoms with E-state index in [1.165, 1.54) is 12.0 Å². The molecule has 0 saturated heterocycles. The van der Waals surface area contributed by atoms with Gasteiger partial charge in [0.15, 0.2) is 0 Å². The zero-order valence-electron chi connectivity index (χ0n) is 28.5. The maximum atomic E-state index is 14.4. The van der Waals surface area contributed by atoms with E-state index in [9.17, 15) is 14.7 Å². The van der Waals surface area contributed by atoms with Crippen LogP contribution < -0.4 is 14.8 Å². The normalized spacial score (nSPS) is 22.8. The van der Waals surface area contributed by atoms with Crippen molar-refractivity contribution in [3.05, 3.63) is 53.6 Å². The Morgan fingerprint density at radius 2 is 1.78 bits per heavy atom. The largest absolute Gasteiger partial charge is 0.497 e. The summed E-state index contributed by atoms with van der Waals surface area (Å²) < 4.78 is 18.2. The standard InChI is InChI=1S/C37H55N3O6/c1-26-22-40(27(2)25-41)37(43)33-21-31(38-36(42)30-12-7-6-8-13-30)16-19-34(33)46-28(3)11-9-10-20-45-35(26)24-39(4)23-29-14-17-32(44-5)18-15-29/h14-19,21,26-28,30,35,41H,6-13,20,22-25H2,1-5H3,(H,38,42)/t26-,27+,28-,35+/m1/s1. The molecule has 46 heavy (non-hydrogen) atoms. The lowest BCUT2D eigenvalue weighted by Gasteiger charge is -2.36. The lowest BCUT2D eigenvalue weighted by Crippen LogP contribution is -2.47. The number of ether oxygens (including phenoxy) is 3. The van der Waals surface area contributed by atoms with Crippen LogP contribution in [-0.2, 0) is 16.1 Å². The summed E-state index contributed by atoms with van der Waals surface area (Å²) in [4.78, 5) is 31.4. The molecule has 4 atom stereocenters. The number of rotatable bonds is 9. The molecule has 1 fully saturated rings. The quantitative estimate of drug-likeness (QED) is 0.341. The average molecular weight is 638 g/mol. The highest BCUT2D eigenvalue weighted by Crippen LogP contribution is 2.30. The van der Waals surface area contributed by atoms with Gasteiger partial charge in [0.1, 0.15) is 11.5 Å². The number of methoxy groups -OCH3 is 1. The number of carbonyl (C=O) groups is 2. The van der Waals surface area contributed by atoms with E-state index >= 15 is 0 Å². The molecule has 1 aliphatic carbocycles. The molecular formula is C37H55N3O6. The molecule has 4 rings (SSSR count). The Balaban J connectivity index is 1.57. The molecule has 0 bridgehead atoms. The van der Waals surface area contributed by atoms with E-state index in [-0.39, 0.29) is 42.5 Å². The van der Waals surface area contributed by atoms with Crippen LogP contribution in [0.3, 0.4) is 0 Å². The summed E-state index contributed by atoms with van der Waals surface area (Å²) in [6.45, 7) is 8.29. The third-order valence-electron chi connectivity index (χ3n) is 9.40. The number of aliphatic hydroxyl groups excluding tert-OH is 1. The maximum Gasteiger partial charge on any atom is 0.258 e. The fraction of sp³-hybridized carbons (Fsp3) is 0.622. The fourth-order valence-corrected chi connectivity index (χ4v) is 6.49. The highest BCUT2D eigenvalue weighted by atomic mass is 16.5. The van der Waals surface area contributed by atoms with Crippen molar-refractivity contribution in [2.45, 2.75) is 96.9 Å². The first-order chi connectivity index (χ1) is 22.2. The lowest BCUT2D eigenvalue weighted by molar-refractivity contribution is -0.120. The SMILES string of the molecule is COc1ccc(CN(C)C[C@@H]2OCCCC[C@@H](C)Oc3ccc(NC(=O)C4CCCCC4)cc3C(=O)N([C@@H](C)CO)C[C@H]2C)cc1. The third-order valence-corrected chi connectivity index (χ3v) is 9.40. The number of hydrogen-bond donors (Lipinski definition) is 2. The molecule has 2 aromatic carbocycles. The lowest BCUT2D eigenvalue weighted by atomic mass is 9.88. The van der Waals surface area contributed by atoms with Crippen molar-refractivity contribution in [3.63, 3.8) is 0 Å². The second kappa shape index (κ2) is 17.7. The molecule has 1 aliphatic heterocycles. The van der Waals surface area contributed by atoms with E-state index in [4.69, 9.17) is 14.2 Å². The maximum absolute atomic E-state index is 14.4. The van der Waals surface area contributed by atoms with Crippen LogP contribution in [0.4, 0.5) is 5.69 Å². The van der Waals surface area contributed by atoms with E-state index in [2.05, 4.69) is 36.3 Å². The molecule has 0 aromatic heterocycles. The number of anilines is 1. The van der Waals surface area contributed by atoms with Crippen molar-refractivity contribution in [2.24, 2.45) is 11.8 Å². The van der Waals surface area contributed by atoms with Crippen molar-refractivity contribution in [2.75, 3.05) is 45.8 Å². The van der Waals surface area contributed by atoms with E-state index in [0.29, 0.717) is 36.7 Å². The zero-order chi connectivity index (χ0) is 33.1. The minimum absolute atomic E-state index is 0.000868. The van der Waals surface area contributed by atoms with Crippen molar-refractivity contribution in [1.82, 2.24) is 9.80 Å². The zero-order valence-corrected chi connectivity index (χ0v) is 28.5. The molecule has 254 valence electrons. The predicted molar refractivity (Wildman–Crippen MR) is 181 cm³/mol. The Morgan fingerprint density at radius 3 is 2.48 bits per heavy atom. The first-order valence-corrected chi connectivity index (χ1v) is 17.1. The van der Waals surface area contributed by atoms with E-state index in [1.54, 1.807) is 24.1 Å². The summed E-state index contributed by atoms with van der Waals surface area (Å²) in [6.07, 6.45) is 7.56. The molecule has 2 aromatic rings. The van der Waals surface area contributed by atoms with Gasteiger partial charge in [-0.15, -0.1) is 0 Å². The summed E-state index contributed by atoms with van der Waals surface area (Å²) in [6, 6.07) is 13.0. The number of likely N-dealkylation sites (N-methyl/N-ethyl adjacent to an activating group) is 1. The highest BCUT2D eigenvalue weighted by molar-refractivity contribution is 6.00. The Labute approximate surface area is 275 Å². The molecule has 2 N–H and O–H groups in total. The van der Waals surface area contributed by atoms with Gasteiger partial charge < -0.3 is 29.5 Å². The second-order valence-corrected chi connectivity index (χ2v) is 13.4. The third kappa shape index (κ3) is 10.2. The van der Waals surface area contributed by atoms with Gasteiger partial charge in [-0.3, -0.25) is 14.5 Å². The summed E-state index contributed by atoms with van der Waals surface area (Å²) in [7, 11) is 3.75. The van der Waals surface area contributed by atoms with Crippen LogP contribution in [0.25, 0.3) is 0 Å². The Kier molecular flexibility index (Phi) is 13.7. The second-order valence-electron chi connectivity index (χ2n) is 13.4. The molecule has 1 saturated carbocycles. The van der Waals surface area contributed by atoms with Crippen LogP contribution >= 0.6 is 0 Å². The Bertz CT molecular complexity index is 1250. The van der Waals surface area contributed by atoms with Gasteiger partial charge >= 0.3 is 0 Å². The molecule has 0 unspecified atom stereocenters. The van der Waals surface area contributed by atoms with Gasteiger partial charge in [0.25, 0.3) is 5.91 Å². The van der Waals surface area contributed by atoms with Crippen LogP contribution in [0.15, 0.2) is 42.5 Å². The van der Waals surface area contributed by atoms with Crippen molar-refractivity contribution in [1.29, 1.82) is 0 Å². The minimum Gasteiger partial charge on any atom is -0.497 e. The van der Waals surface area contributed by atoms with Crippen LogP contribution in [0.5, 0.6) is 11.5 Å². The Hall–Kier alpha value is -3.14. The van der Waals surface area contributed by atoms with Crippen LogP contribution in [-0.4, -0.2) is 85.4 Å². The van der Waals surface area contributed by atoms with E-state index < -0.39 is 6.04 Å². The number of amides is 2. The molecule has 1 heterocycles. The number of benzene rings is 2. The van der Waals surface area contributed by atoms with Crippen molar-refractivity contribution in [3.8, 4) is 11.5 Å². The molecule has 0 spiro atoms. The van der Waals surface area contributed by atoms with E-state index in [1.807, 2.05) is 32.0 Å². The summed E-state index contributed by atoms with van der Waals surface area (Å²) in [5.41, 5.74) is 2.16. The van der Waals surface area contributed by atoms with Gasteiger partial charge in [-0.2, -0.15) is 0 Å². The van der Waals surface area contributed by atoms with Gasteiger partial charge in [-0.25, -0.2) is 0 Å². The number of fused-ring (bicyclic) bond motifs is 1. The number of aliphatic hydroxyl groups is 1. The highest BCUT2D eigenvalue weighted by Gasteiger charge is 2.31. The molecule has 2 amide bonds. The van der Waals surface area contributed by atoms with Crippen molar-refractivity contribution >= 4 is 17.5 Å². The van der Waals surface area contributed by atoms with Gasteiger partial charge in [-0.05, 0) is 88.9 Å². The number of nitrogens with zero attached hydrogens (tertiary/aromatic N) is 2. The van der Waals surface area contributed by atoms with Crippen molar-refractivity contribution < 1.29 is 28.9 Å². The first-order valence-electron chi connectivity index (χ1n) is 17.1. The van der Waals surface area contributed by atoms with Gasteiger partial charge in [-0.1, -0.05) is 38.3 Å². The molecule has 0 radical (unpaired) electrons. The molecule has 9 nitrogen and oxygen atoms in total. The van der Waals surface area contributed by atoms with Gasteiger partial charge in [0.05, 0.1) is 37.5 Å². The molecular weight excluding hydrogens is 582 g/mol. The van der Waals surface area contributed by atoms with E-state index in [0.717, 1.165) is 57.2 Å². The fourth-order valence-electron chi connectivity index (χ4n) is 6.49. The number of nitrogens with one attached hydrogen (secondary N) is 1. The molecule has 2 aliphatic rings. The first kappa shape index (κ1) is 35.7. The number of hydrogen-bond acceptors (Lipinski definition) is 7. The van der Waals surface area contributed by atoms with Gasteiger partial charge in [0.2, 0.25) is 5.91 Å². The summed E-state index contributed by atoms with van der Waals surface area (Å²) >= 11 is 0. The minimum atomic E-state index is -0.425. The molecule has 9 heteroatoms.